The van der Waals surface area contributed by atoms with Crippen molar-refractivity contribution in [3.05, 3.63) is 29.3 Å². The number of rotatable bonds is 5. The zero-order valence-corrected chi connectivity index (χ0v) is 9.45. The number of carbonyl (C=O) groups is 2. The Morgan fingerprint density at radius 2 is 2.25 bits per heavy atom. The van der Waals surface area contributed by atoms with E-state index in [1.165, 1.54) is 0 Å². The van der Waals surface area contributed by atoms with Crippen LogP contribution < -0.4 is 10.1 Å². The van der Waals surface area contributed by atoms with E-state index in [9.17, 15) is 9.59 Å². The first-order valence-corrected chi connectivity index (χ1v) is 5.07. The number of benzene rings is 1. The van der Waals surface area contributed by atoms with Crippen molar-refractivity contribution < 1.29 is 14.3 Å². The number of amides is 1. The first-order chi connectivity index (χ1) is 7.69. The fourth-order valence-corrected chi connectivity index (χ4v) is 1.34. The third-order valence-electron chi connectivity index (χ3n) is 2.22. The number of aryl methyl sites for hydroxylation is 1. The molecule has 0 saturated heterocycles. The molecule has 16 heavy (non-hydrogen) atoms. The number of ether oxygens (including phenoxy) is 1. The Morgan fingerprint density at radius 1 is 1.50 bits per heavy atom. The van der Waals surface area contributed by atoms with Gasteiger partial charge in [-0.15, -0.1) is 0 Å². The molecule has 0 fully saturated rings. The highest BCUT2D eigenvalue weighted by atomic mass is 16.5. The summed E-state index contributed by atoms with van der Waals surface area (Å²) in [5.74, 6) is 0.475. The fourth-order valence-electron chi connectivity index (χ4n) is 1.34. The summed E-state index contributed by atoms with van der Waals surface area (Å²) in [7, 11) is 1.58. The molecule has 4 heteroatoms. The van der Waals surface area contributed by atoms with Gasteiger partial charge in [0, 0.05) is 7.05 Å². The quantitative estimate of drug-likeness (QED) is 0.763. The predicted octanol–water partition coefficient (Wildman–Crippen LogP) is 1.32. The summed E-state index contributed by atoms with van der Waals surface area (Å²) in [5, 5.41) is 2.51. The molecule has 0 bridgehead atoms. The Bertz CT molecular complexity index is 388. The van der Waals surface area contributed by atoms with E-state index in [-0.39, 0.29) is 18.9 Å². The normalized spacial score (nSPS) is 9.62. The van der Waals surface area contributed by atoms with E-state index in [2.05, 4.69) is 5.32 Å². The molecular formula is C12H15NO3. The lowest BCUT2D eigenvalue weighted by Gasteiger charge is -2.10. The third-order valence-corrected chi connectivity index (χ3v) is 2.22. The smallest absolute Gasteiger partial charge is 0.223 e. The predicted molar refractivity (Wildman–Crippen MR) is 60.7 cm³/mol. The molecule has 1 rings (SSSR count). The van der Waals surface area contributed by atoms with E-state index in [0.29, 0.717) is 11.3 Å². The van der Waals surface area contributed by atoms with Crippen LogP contribution in [-0.2, 0) is 4.79 Å². The molecule has 0 unspecified atom stereocenters. The molecule has 1 aromatic rings. The van der Waals surface area contributed by atoms with Crippen LogP contribution in [-0.4, -0.2) is 25.8 Å². The zero-order valence-electron chi connectivity index (χ0n) is 9.45. The summed E-state index contributed by atoms with van der Waals surface area (Å²) in [6.07, 6.45) is 1.03. The minimum atomic E-state index is -0.0822. The Morgan fingerprint density at radius 3 is 2.88 bits per heavy atom. The summed E-state index contributed by atoms with van der Waals surface area (Å²) in [6, 6.07) is 5.35. The summed E-state index contributed by atoms with van der Waals surface area (Å²) in [6.45, 7) is 2.13. The van der Waals surface area contributed by atoms with Gasteiger partial charge in [0.15, 0.2) is 6.29 Å². The van der Waals surface area contributed by atoms with Gasteiger partial charge in [0.2, 0.25) is 5.91 Å². The van der Waals surface area contributed by atoms with Crippen molar-refractivity contribution in [3.63, 3.8) is 0 Å². The number of carbonyl (C=O) groups excluding carboxylic acids is 2. The van der Waals surface area contributed by atoms with Crippen LogP contribution in [0.2, 0.25) is 0 Å². The second-order valence-electron chi connectivity index (χ2n) is 3.38. The molecule has 0 aromatic heterocycles. The van der Waals surface area contributed by atoms with Crippen molar-refractivity contribution in [2.24, 2.45) is 0 Å². The Kier molecular flexibility index (Phi) is 4.51. The van der Waals surface area contributed by atoms with Gasteiger partial charge in [0.05, 0.1) is 18.6 Å². The molecule has 0 aliphatic carbocycles. The first kappa shape index (κ1) is 12.2. The van der Waals surface area contributed by atoms with Crippen LogP contribution in [0.25, 0.3) is 0 Å². The van der Waals surface area contributed by atoms with Crippen LogP contribution in [0, 0.1) is 6.92 Å². The summed E-state index contributed by atoms with van der Waals surface area (Å²) < 4.78 is 5.44. The molecule has 0 heterocycles. The van der Waals surface area contributed by atoms with Gasteiger partial charge >= 0.3 is 0 Å². The van der Waals surface area contributed by atoms with Crippen molar-refractivity contribution in [2.45, 2.75) is 13.3 Å². The first-order valence-electron chi connectivity index (χ1n) is 5.07. The Labute approximate surface area is 94.6 Å². The maximum Gasteiger partial charge on any atom is 0.223 e. The minimum absolute atomic E-state index is 0.0822. The number of aldehydes is 1. The van der Waals surface area contributed by atoms with Crippen LogP contribution in [0.4, 0.5) is 0 Å². The molecule has 0 saturated carbocycles. The van der Waals surface area contributed by atoms with Gasteiger partial charge in [0.1, 0.15) is 5.75 Å². The highest BCUT2D eigenvalue weighted by Crippen LogP contribution is 2.21. The average Bonchev–Trinajstić information content (AvgIpc) is 2.30. The van der Waals surface area contributed by atoms with Gasteiger partial charge in [-0.2, -0.15) is 0 Å². The maximum absolute atomic E-state index is 11.0. The van der Waals surface area contributed by atoms with Crippen LogP contribution >= 0.6 is 0 Å². The highest BCUT2D eigenvalue weighted by molar-refractivity contribution is 5.80. The third kappa shape index (κ3) is 3.08. The van der Waals surface area contributed by atoms with Crippen molar-refractivity contribution in [2.75, 3.05) is 13.7 Å². The van der Waals surface area contributed by atoms with Crippen molar-refractivity contribution in [1.29, 1.82) is 0 Å². The van der Waals surface area contributed by atoms with Gasteiger partial charge in [0.25, 0.3) is 0 Å². The lowest BCUT2D eigenvalue weighted by Crippen LogP contribution is -2.20. The zero-order chi connectivity index (χ0) is 12.0. The van der Waals surface area contributed by atoms with Gasteiger partial charge < -0.3 is 10.1 Å². The standard InChI is InChI=1S/C12H15NO3/c1-9-4-3-5-10(8-14)12(9)16-7-6-11(15)13-2/h3-5,8H,6-7H2,1-2H3,(H,13,15). The average molecular weight is 221 g/mol. The van der Waals surface area contributed by atoms with E-state index in [0.717, 1.165) is 11.8 Å². The molecule has 0 aliphatic rings. The van der Waals surface area contributed by atoms with Crippen LogP contribution in [0.15, 0.2) is 18.2 Å². The van der Waals surface area contributed by atoms with Crippen LogP contribution in [0.1, 0.15) is 22.3 Å². The molecule has 86 valence electrons. The number of hydrogen-bond acceptors (Lipinski definition) is 3. The van der Waals surface area contributed by atoms with Crippen molar-refractivity contribution in [3.8, 4) is 5.75 Å². The molecule has 1 N–H and O–H groups in total. The van der Waals surface area contributed by atoms with Crippen molar-refractivity contribution in [1.82, 2.24) is 5.32 Å². The van der Waals surface area contributed by atoms with E-state index in [1.807, 2.05) is 13.0 Å². The maximum atomic E-state index is 11.0. The van der Waals surface area contributed by atoms with Crippen molar-refractivity contribution >= 4 is 12.2 Å². The summed E-state index contributed by atoms with van der Waals surface area (Å²) in [4.78, 5) is 21.8. The largest absolute Gasteiger partial charge is 0.492 e. The molecule has 4 nitrogen and oxygen atoms in total. The van der Waals surface area contributed by atoms with E-state index < -0.39 is 0 Å². The summed E-state index contributed by atoms with van der Waals surface area (Å²) in [5.41, 5.74) is 1.40. The lowest BCUT2D eigenvalue weighted by molar-refractivity contribution is -0.121. The van der Waals surface area contributed by atoms with E-state index in [1.54, 1.807) is 19.2 Å². The highest BCUT2D eigenvalue weighted by Gasteiger charge is 2.06. The van der Waals surface area contributed by atoms with Crippen LogP contribution in [0.5, 0.6) is 5.75 Å². The van der Waals surface area contributed by atoms with Gasteiger partial charge in [-0.25, -0.2) is 0 Å². The SMILES string of the molecule is CNC(=O)CCOc1c(C)cccc1C=O. The molecule has 0 spiro atoms. The number of para-hydroxylation sites is 1. The Balaban J connectivity index is 2.65. The van der Waals surface area contributed by atoms with Gasteiger partial charge in [-0.3, -0.25) is 9.59 Å². The van der Waals surface area contributed by atoms with E-state index in [4.69, 9.17) is 4.74 Å². The topological polar surface area (TPSA) is 55.4 Å². The molecule has 0 atom stereocenters. The lowest BCUT2D eigenvalue weighted by atomic mass is 10.1. The number of hydrogen-bond donors (Lipinski definition) is 1. The molecule has 1 amide bonds. The molecule has 0 aliphatic heterocycles. The molecular weight excluding hydrogens is 206 g/mol. The fraction of sp³-hybridized carbons (Fsp3) is 0.333. The van der Waals surface area contributed by atoms with E-state index >= 15 is 0 Å². The molecule has 0 radical (unpaired) electrons. The second-order valence-corrected chi connectivity index (χ2v) is 3.38. The van der Waals surface area contributed by atoms with Crippen LogP contribution in [0.3, 0.4) is 0 Å². The molecule has 1 aromatic carbocycles. The second kappa shape index (κ2) is 5.90. The monoisotopic (exact) mass is 221 g/mol. The minimum Gasteiger partial charge on any atom is -0.492 e. The van der Waals surface area contributed by atoms with Gasteiger partial charge in [-0.1, -0.05) is 12.1 Å². The summed E-state index contributed by atoms with van der Waals surface area (Å²) >= 11 is 0. The van der Waals surface area contributed by atoms with Gasteiger partial charge in [-0.05, 0) is 18.6 Å². The number of nitrogens with one attached hydrogen (secondary N) is 1. The Hall–Kier alpha value is -1.84.